The van der Waals surface area contributed by atoms with E-state index in [0.29, 0.717) is 5.92 Å². The summed E-state index contributed by atoms with van der Waals surface area (Å²) in [5.74, 6) is 8.65. The van der Waals surface area contributed by atoms with Crippen molar-refractivity contribution in [2.24, 2.45) is 53.3 Å². The highest BCUT2D eigenvalue weighted by Crippen LogP contribution is 2.38. The zero-order chi connectivity index (χ0) is 95.6. The molecule has 1 aromatic heterocycles. The lowest BCUT2D eigenvalue weighted by atomic mass is 9.81. The summed E-state index contributed by atoms with van der Waals surface area (Å²) in [4.78, 5) is 6.40. The highest BCUT2D eigenvalue weighted by molar-refractivity contribution is 5.66. The van der Waals surface area contributed by atoms with Gasteiger partial charge in [0.1, 0.15) is 11.6 Å². The standard InChI is InChI=1S/C17H26.C16H19N.C16H24.C13H19F.C13H21N.3C13H20.C12H17F/c1-14(2)12-13-16-10-6-7-11-17(16)15-8-4-3-5-9-15;1-13(2)7-8-14-5-3-4-6-16(14)15-9-11-17-12-10-15;1-13(2)11-12-15-9-5-6-10-16(15)14-7-3-4-8-14;1-10(2)5-4-6-12-8-7-11(3)9-13(12)14;1-12(2)8-7-11-14(3)13-9-5-4-6-10-13;2*1-10(2)8-9-13-7-5-6-11(3)12(13)4;1-11(2)5-4-6-13-9-7-12(3)8-10-13;1-10(2)5-3-6-11-7-4-8-12(13)9-11/h6-7,10-11,14-15H,3-5,8-9,12-13H2,1-2H3;3-6,9-13H,7-8H2,1-2H3;5-6,9-10,13-14H,3-4,7-8,11-12H2,1-2H3;7-10H,4-6H2,1-3H3;4-6,9-10,12H,7-8,11H2,1-3H3;2*5-7,10H,8-9H2,1-4H3;7-11H,4-6H2,1-3H3;4,7-10H,3,5-6H2,1-2H3. The Morgan fingerprint density at radius 2 is 0.669 bits per heavy atom. The van der Waals surface area contributed by atoms with Gasteiger partial charge in [0.15, 0.2) is 0 Å². The van der Waals surface area contributed by atoms with E-state index in [-0.39, 0.29) is 11.6 Å². The number of anilines is 1. The van der Waals surface area contributed by atoms with Crippen molar-refractivity contribution >= 4 is 5.69 Å². The lowest BCUT2D eigenvalue weighted by molar-refractivity contribution is 0.440. The fourth-order valence-electron chi connectivity index (χ4n) is 16.9. The Morgan fingerprint density at radius 3 is 1.12 bits per heavy atom. The molecule has 0 amide bonds. The Kier molecular flexibility index (Phi) is 58.8. The van der Waals surface area contributed by atoms with Crippen LogP contribution in [-0.4, -0.2) is 18.6 Å². The van der Waals surface area contributed by atoms with Gasteiger partial charge in [0.25, 0.3) is 0 Å². The fourth-order valence-corrected chi connectivity index (χ4v) is 16.9. The van der Waals surface area contributed by atoms with Crippen LogP contribution in [0.5, 0.6) is 0 Å². The topological polar surface area (TPSA) is 16.1 Å². The van der Waals surface area contributed by atoms with Crippen molar-refractivity contribution in [2.45, 2.75) is 371 Å². The second kappa shape index (κ2) is 67.0. The Morgan fingerprint density at radius 1 is 0.300 bits per heavy atom. The number of aryl methyl sites for hydroxylation is 12. The zero-order valence-corrected chi connectivity index (χ0v) is 87.4. The van der Waals surface area contributed by atoms with Crippen LogP contribution in [0.4, 0.5) is 14.5 Å². The van der Waals surface area contributed by atoms with E-state index >= 15 is 0 Å². The molecule has 1 heterocycles. The number of aromatic nitrogens is 1. The number of nitrogens with zero attached hydrogens (tertiary/aromatic N) is 2. The van der Waals surface area contributed by atoms with Crippen LogP contribution >= 0.6 is 0 Å². The minimum Gasteiger partial charge on any atom is -0.375 e. The van der Waals surface area contributed by atoms with Gasteiger partial charge >= 0.3 is 0 Å². The van der Waals surface area contributed by atoms with Gasteiger partial charge in [-0.3, -0.25) is 4.98 Å². The maximum Gasteiger partial charge on any atom is 0.126 e. The second-order valence-corrected chi connectivity index (χ2v) is 41.8. The molecule has 0 bridgehead atoms. The van der Waals surface area contributed by atoms with Gasteiger partial charge in [0.2, 0.25) is 0 Å². The monoisotopic (exact) mass is 1770 g/mol. The van der Waals surface area contributed by atoms with Crippen molar-refractivity contribution in [2.75, 3.05) is 18.5 Å². The summed E-state index contributed by atoms with van der Waals surface area (Å²) in [6.45, 7) is 55.0. The SMILES string of the molecule is CC(C)CCCN(C)c1ccccc1.CC(C)CCCc1cccc(F)c1.CC(C)CCc1ccccc1-c1ccncc1.CC(C)CCc1ccccc1C1CCCC1.CC(C)CCc1ccccc1C1CCCCC1.Cc1ccc(CCCC(C)C)c(F)c1.Cc1ccc(CCCC(C)C)cc1.Cc1cccc(CCC(C)C)c1C.Cc1cccc(CCC(C)C)c1C. The first kappa shape index (κ1) is 114. The van der Waals surface area contributed by atoms with Gasteiger partial charge in [0, 0.05) is 31.7 Å². The molecule has 10 aromatic rings. The summed E-state index contributed by atoms with van der Waals surface area (Å²) >= 11 is 0. The molecule has 0 radical (unpaired) electrons. The van der Waals surface area contributed by atoms with Crippen LogP contribution in [-0.2, 0) is 51.4 Å². The maximum absolute atomic E-state index is 13.4. The normalized spacial score (nSPS) is 12.5. The van der Waals surface area contributed by atoms with Crippen LogP contribution in [0.25, 0.3) is 11.1 Å². The lowest BCUT2D eigenvalue weighted by Crippen LogP contribution is -2.18. The molecule has 0 unspecified atom stereocenters. The number of hydrogen-bond acceptors (Lipinski definition) is 2. The third-order valence-corrected chi connectivity index (χ3v) is 25.8. The number of rotatable bonds is 35. The molecule has 0 aliphatic heterocycles. The molecule has 2 saturated carbocycles. The quantitative estimate of drug-likeness (QED) is 0.0394. The summed E-state index contributed by atoms with van der Waals surface area (Å²) in [6.07, 6.45) is 42.2. The van der Waals surface area contributed by atoms with Crippen LogP contribution in [0.15, 0.2) is 231 Å². The predicted molar refractivity (Wildman–Crippen MR) is 573 cm³/mol. The molecule has 0 saturated heterocycles. The number of pyridine rings is 1. The average molecular weight is 1770 g/mol. The highest BCUT2D eigenvalue weighted by atomic mass is 19.1. The van der Waals surface area contributed by atoms with Crippen LogP contribution < -0.4 is 4.90 Å². The van der Waals surface area contributed by atoms with Crippen LogP contribution in [0.3, 0.4) is 0 Å². The second-order valence-electron chi connectivity index (χ2n) is 41.8. The van der Waals surface area contributed by atoms with Crippen LogP contribution in [0.2, 0.25) is 0 Å². The molecular formula is C126H186F2N2. The summed E-state index contributed by atoms with van der Waals surface area (Å²) in [7, 11) is 2.16. The molecule has 12 rings (SSSR count). The Balaban J connectivity index is 0.000000307. The van der Waals surface area contributed by atoms with E-state index in [1.807, 2.05) is 37.5 Å². The third kappa shape index (κ3) is 51.1. The Labute approximate surface area is 799 Å². The van der Waals surface area contributed by atoms with Gasteiger partial charge in [-0.05, 0) is 385 Å². The van der Waals surface area contributed by atoms with Crippen LogP contribution in [0.1, 0.15) is 367 Å². The molecular weight excluding hydrogens is 1580 g/mol. The van der Waals surface area contributed by atoms with Crippen molar-refractivity contribution in [3.63, 3.8) is 0 Å². The van der Waals surface area contributed by atoms with E-state index in [2.05, 4.69) is 352 Å². The van der Waals surface area contributed by atoms with Crippen molar-refractivity contribution in [1.82, 2.24) is 4.98 Å². The smallest absolute Gasteiger partial charge is 0.126 e. The van der Waals surface area contributed by atoms with Gasteiger partial charge in [-0.2, -0.15) is 0 Å². The molecule has 2 nitrogen and oxygen atoms in total. The average Bonchev–Trinajstić information content (AvgIpc) is 1.50. The molecule has 130 heavy (non-hydrogen) atoms. The number of benzene rings is 9. The van der Waals surface area contributed by atoms with E-state index < -0.39 is 0 Å². The molecule has 714 valence electrons. The molecule has 0 spiro atoms. The van der Waals surface area contributed by atoms with Gasteiger partial charge in [-0.25, -0.2) is 8.78 Å². The first-order valence-electron chi connectivity index (χ1n) is 51.7. The first-order chi connectivity index (χ1) is 62.2. The molecule has 0 N–H and O–H groups in total. The molecule has 2 fully saturated rings. The van der Waals surface area contributed by atoms with Gasteiger partial charge < -0.3 is 4.90 Å². The Bertz CT molecular complexity index is 4430. The lowest BCUT2D eigenvalue weighted by Gasteiger charge is -2.24. The fraction of sp³-hybridized carbons (Fsp3) is 0.532. The zero-order valence-electron chi connectivity index (χ0n) is 87.4. The van der Waals surface area contributed by atoms with E-state index in [0.717, 1.165) is 115 Å². The van der Waals surface area contributed by atoms with Gasteiger partial charge in [-0.15, -0.1) is 0 Å². The molecule has 2 aliphatic rings. The number of halogens is 2. The van der Waals surface area contributed by atoms with Crippen molar-refractivity contribution in [1.29, 1.82) is 0 Å². The third-order valence-electron chi connectivity index (χ3n) is 25.8. The molecule has 4 heteroatoms. The summed E-state index contributed by atoms with van der Waals surface area (Å²) in [5, 5.41) is 0. The van der Waals surface area contributed by atoms with Crippen LogP contribution in [0, 0.1) is 106 Å². The highest BCUT2D eigenvalue weighted by Gasteiger charge is 2.21. The van der Waals surface area contributed by atoms with Gasteiger partial charge in [-0.1, -0.05) is 357 Å². The molecule has 0 atom stereocenters. The van der Waals surface area contributed by atoms with Crippen molar-refractivity contribution in [3.05, 3.63) is 331 Å². The minimum atomic E-state index is -0.123. The summed E-state index contributed by atoms with van der Waals surface area (Å²) in [5.41, 5.74) is 26.5. The van der Waals surface area contributed by atoms with E-state index in [9.17, 15) is 8.78 Å². The van der Waals surface area contributed by atoms with E-state index in [4.69, 9.17) is 0 Å². The predicted octanol–water partition coefficient (Wildman–Crippen LogP) is 37.8. The number of para-hydroxylation sites is 1. The van der Waals surface area contributed by atoms with Gasteiger partial charge in [0.05, 0.1) is 0 Å². The minimum absolute atomic E-state index is 0.0474. The summed E-state index contributed by atoms with van der Waals surface area (Å²) in [6, 6.07) is 76.2. The van der Waals surface area contributed by atoms with Crippen molar-refractivity contribution < 1.29 is 8.78 Å². The first-order valence-corrected chi connectivity index (χ1v) is 51.7. The van der Waals surface area contributed by atoms with E-state index in [1.54, 1.807) is 40.5 Å². The maximum atomic E-state index is 13.4. The van der Waals surface area contributed by atoms with Crippen molar-refractivity contribution in [3.8, 4) is 11.1 Å². The number of hydrogen-bond donors (Lipinski definition) is 0. The summed E-state index contributed by atoms with van der Waals surface area (Å²) < 4.78 is 26.1. The Hall–Kier alpha value is -8.21. The molecule has 2 aliphatic carbocycles. The van der Waals surface area contributed by atoms with E-state index in [1.165, 1.54) is 233 Å². The largest absolute Gasteiger partial charge is 0.375 e. The molecule has 9 aromatic carbocycles.